The van der Waals surface area contributed by atoms with Gasteiger partial charge in [0.2, 0.25) is 5.75 Å². The number of methoxy groups -OCH3 is 2. The zero-order valence-electron chi connectivity index (χ0n) is 15.2. The fourth-order valence-corrected chi connectivity index (χ4v) is 3.69. The summed E-state index contributed by atoms with van der Waals surface area (Å²) < 4.78 is 10.3. The molecular weight excluding hydrogens is 366 g/mol. The van der Waals surface area contributed by atoms with Crippen LogP contribution in [-0.2, 0) is 11.2 Å². The number of para-hydroxylation sites is 1. The smallest absolute Gasteiger partial charge is 0.298 e. The van der Waals surface area contributed by atoms with E-state index in [0.29, 0.717) is 22.6 Å². The second kappa shape index (κ2) is 7.75. The molecule has 0 bridgehead atoms. The Morgan fingerprint density at radius 3 is 2.33 bits per heavy atom. The predicted molar refractivity (Wildman–Crippen MR) is 105 cm³/mol. The van der Waals surface area contributed by atoms with Gasteiger partial charge < -0.3 is 14.6 Å². The molecule has 1 N–H and O–H groups in total. The first-order valence-electron chi connectivity index (χ1n) is 8.31. The fourth-order valence-electron chi connectivity index (χ4n) is 2.85. The standard InChI is InChI=1S/C20H19NO5S/c1-4-13-7-5-6-8-14(13)21-19(23)17(27-20(21)24)11-12-9-15(25-2)18(22)16(10-12)26-3/h5-11,22H,4H2,1-3H3/b17-11-. The van der Waals surface area contributed by atoms with E-state index in [1.165, 1.54) is 19.1 Å². The van der Waals surface area contributed by atoms with E-state index in [4.69, 9.17) is 9.47 Å². The number of phenolic OH excluding ortho intramolecular Hbond substituents is 1. The third-order valence-corrected chi connectivity index (χ3v) is 5.08. The fraction of sp³-hybridized carbons (Fsp3) is 0.200. The summed E-state index contributed by atoms with van der Waals surface area (Å²) in [6.45, 7) is 1.97. The number of imide groups is 1. The topological polar surface area (TPSA) is 76.1 Å². The number of nitrogens with zero attached hydrogens (tertiary/aromatic N) is 1. The summed E-state index contributed by atoms with van der Waals surface area (Å²) in [7, 11) is 2.85. The zero-order valence-corrected chi connectivity index (χ0v) is 16.0. The SMILES string of the molecule is CCc1ccccc1N1C(=O)S/C(=C\c2cc(OC)c(O)c(OC)c2)C1=O. The van der Waals surface area contributed by atoms with Crippen LogP contribution in [0.4, 0.5) is 10.5 Å². The van der Waals surface area contributed by atoms with Crippen LogP contribution in [0.3, 0.4) is 0 Å². The number of aromatic hydroxyl groups is 1. The van der Waals surface area contributed by atoms with Crippen molar-refractivity contribution in [2.45, 2.75) is 13.3 Å². The van der Waals surface area contributed by atoms with Gasteiger partial charge in [-0.05, 0) is 53.6 Å². The molecule has 1 saturated heterocycles. The van der Waals surface area contributed by atoms with E-state index in [1.54, 1.807) is 30.3 Å². The summed E-state index contributed by atoms with van der Waals surface area (Å²) >= 11 is 0.876. The first kappa shape index (κ1) is 18.8. The number of amides is 2. The van der Waals surface area contributed by atoms with E-state index in [1.807, 2.05) is 19.1 Å². The number of ether oxygens (including phenoxy) is 2. The first-order valence-corrected chi connectivity index (χ1v) is 9.12. The molecule has 1 aliphatic heterocycles. The van der Waals surface area contributed by atoms with Gasteiger partial charge in [-0.25, -0.2) is 4.90 Å². The van der Waals surface area contributed by atoms with Gasteiger partial charge in [0.05, 0.1) is 24.8 Å². The Hall–Kier alpha value is -2.93. The van der Waals surface area contributed by atoms with Crippen molar-refractivity contribution in [2.24, 2.45) is 0 Å². The Bertz CT molecular complexity index is 913. The van der Waals surface area contributed by atoms with Crippen LogP contribution in [0.25, 0.3) is 6.08 Å². The van der Waals surface area contributed by atoms with E-state index in [2.05, 4.69) is 0 Å². The second-order valence-corrected chi connectivity index (χ2v) is 6.77. The van der Waals surface area contributed by atoms with E-state index in [9.17, 15) is 14.7 Å². The van der Waals surface area contributed by atoms with Crippen molar-refractivity contribution in [1.82, 2.24) is 0 Å². The summed E-state index contributed by atoms with van der Waals surface area (Å²) in [5.74, 6) is -0.0636. The highest BCUT2D eigenvalue weighted by molar-refractivity contribution is 8.19. The number of thioether (sulfide) groups is 1. The van der Waals surface area contributed by atoms with Crippen LogP contribution in [0.15, 0.2) is 41.3 Å². The Balaban J connectivity index is 2.00. The lowest BCUT2D eigenvalue weighted by Crippen LogP contribution is -2.28. The maximum Gasteiger partial charge on any atom is 0.298 e. The van der Waals surface area contributed by atoms with Crippen LogP contribution < -0.4 is 14.4 Å². The minimum absolute atomic E-state index is 0.123. The van der Waals surface area contributed by atoms with Crippen LogP contribution >= 0.6 is 11.8 Å². The molecule has 1 aliphatic rings. The summed E-state index contributed by atoms with van der Waals surface area (Å²) in [6, 6.07) is 10.5. The van der Waals surface area contributed by atoms with Crippen molar-refractivity contribution < 1.29 is 24.2 Å². The van der Waals surface area contributed by atoms with Crippen molar-refractivity contribution in [3.63, 3.8) is 0 Å². The van der Waals surface area contributed by atoms with Crippen LogP contribution in [-0.4, -0.2) is 30.5 Å². The second-order valence-electron chi connectivity index (χ2n) is 5.77. The lowest BCUT2D eigenvalue weighted by Gasteiger charge is -2.16. The third kappa shape index (κ3) is 3.50. The molecule has 2 aromatic rings. The summed E-state index contributed by atoms with van der Waals surface area (Å²) in [4.78, 5) is 26.9. The van der Waals surface area contributed by atoms with Gasteiger partial charge in [0.1, 0.15) is 0 Å². The van der Waals surface area contributed by atoms with Crippen LogP contribution in [0.5, 0.6) is 17.2 Å². The molecule has 2 amide bonds. The third-order valence-electron chi connectivity index (χ3n) is 4.21. The van der Waals surface area contributed by atoms with E-state index in [0.717, 1.165) is 17.3 Å². The molecule has 0 spiro atoms. The molecule has 0 aliphatic carbocycles. The Morgan fingerprint density at radius 2 is 1.74 bits per heavy atom. The quantitative estimate of drug-likeness (QED) is 0.777. The molecule has 6 nitrogen and oxygen atoms in total. The number of aryl methyl sites for hydroxylation is 1. The van der Waals surface area contributed by atoms with Crippen molar-refractivity contribution in [2.75, 3.05) is 19.1 Å². The van der Waals surface area contributed by atoms with E-state index < -0.39 is 0 Å². The molecule has 1 fully saturated rings. The van der Waals surface area contributed by atoms with Gasteiger partial charge in [-0.15, -0.1) is 0 Å². The molecule has 0 aromatic heterocycles. The highest BCUT2D eigenvalue weighted by Gasteiger charge is 2.37. The number of hydrogen-bond acceptors (Lipinski definition) is 6. The largest absolute Gasteiger partial charge is 0.502 e. The maximum atomic E-state index is 12.9. The van der Waals surface area contributed by atoms with Crippen LogP contribution in [0.2, 0.25) is 0 Å². The van der Waals surface area contributed by atoms with Gasteiger partial charge in [-0.1, -0.05) is 25.1 Å². The van der Waals surface area contributed by atoms with Crippen molar-refractivity contribution in [1.29, 1.82) is 0 Å². The lowest BCUT2D eigenvalue weighted by atomic mass is 10.1. The molecule has 140 valence electrons. The monoisotopic (exact) mass is 385 g/mol. The van der Waals surface area contributed by atoms with Gasteiger partial charge in [0.25, 0.3) is 11.1 Å². The Labute approximate surface area is 161 Å². The van der Waals surface area contributed by atoms with Crippen LogP contribution in [0, 0.1) is 0 Å². The molecule has 3 rings (SSSR count). The molecule has 7 heteroatoms. The normalized spacial score (nSPS) is 15.5. The molecule has 27 heavy (non-hydrogen) atoms. The first-order chi connectivity index (χ1) is 13.0. The number of phenols is 1. The average Bonchev–Trinajstić information content (AvgIpc) is 2.95. The van der Waals surface area contributed by atoms with Gasteiger partial charge in [0.15, 0.2) is 11.5 Å². The molecule has 0 atom stereocenters. The van der Waals surface area contributed by atoms with Crippen molar-refractivity contribution in [3.8, 4) is 17.2 Å². The summed E-state index contributed by atoms with van der Waals surface area (Å²) in [6.07, 6.45) is 2.30. The molecule has 0 saturated carbocycles. The number of carbonyl (C=O) groups is 2. The summed E-state index contributed by atoms with van der Waals surface area (Å²) in [5, 5.41) is 9.67. The highest BCUT2D eigenvalue weighted by atomic mass is 32.2. The molecular formula is C20H19NO5S. The lowest BCUT2D eigenvalue weighted by molar-refractivity contribution is -0.113. The average molecular weight is 385 g/mol. The molecule has 2 aromatic carbocycles. The van der Waals surface area contributed by atoms with E-state index in [-0.39, 0.29) is 28.4 Å². The molecule has 0 unspecified atom stereocenters. The zero-order chi connectivity index (χ0) is 19.6. The van der Waals surface area contributed by atoms with Gasteiger partial charge in [-0.3, -0.25) is 9.59 Å². The van der Waals surface area contributed by atoms with Gasteiger partial charge in [0, 0.05) is 0 Å². The molecule has 0 radical (unpaired) electrons. The predicted octanol–water partition coefficient (Wildman–Crippen LogP) is 4.21. The van der Waals surface area contributed by atoms with Crippen molar-refractivity contribution in [3.05, 3.63) is 52.4 Å². The number of anilines is 1. The number of hydrogen-bond donors (Lipinski definition) is 1. The Kier molecular flexibility index (Phi) is 5.41. The molecule has 1 heterocycles. The minimum Gasteiger partial charge on any atom is -0.502 e. The maximum absolute atomic E-state index is 12.9. The van der Waals surface area contributed by atoms with Gasteiger partial charge in [-0.2, -0.15) is 0 Å². The van der Waals surface area contributed by atoms with Crippen LogP contribution in [0.1, 0.15) is 18.1 Å². The highest BCUT2D eigenvalue weighted by Crippen LogP contribution is 2.40. The number of carbonyl (C=O) groups excluding carboxylic acids is 2. The van der Waals surface area contributed by atoms with Crippen molar-refractivity contribution >= 4 is 34.7 Å². The Morgan fingerprint density at radius 1 is 1.11 bits per heavy atom. The van der Waals surface area contributed by atoms with E-state index >= 15 is 0 Å². The van der Waals surface area contributed by atoms with Gasteiger partial charge >= 0.3 is 0 Å². The summed E-state index contributed by atoms with van der Waals surface area (Å²) in [5.41, 5.74) is 2.11. The minimum atomic E-state index is -0.378. The number of benzene rings is 2. The number of rotatable bonds is 5.